The zero-order valence-corrected chi connectivity index (χ0v) is 43.3. The fraction of sp³-hybridized carbons (Fsp3) is 0.111. The van der Waals surface area contributed by atoms with Crippen molar-refractivity contribution < 1.29 is 0 Å². The van der Waals surface area contributed by atoms with Gasteiger partial charge in [-0.1, -0.05) is 229 Å². The molecule has 0 radical (unpaired) electrons. The van der Waals surface area contributed by atoms with Crippen molar-refractivity contribution in [1.29, 1.82) is 0 Å². The Kier molecular flexibility index (Phi) is 8.74. The highest BCUT2D eigenvalue weighted by atomic mass is 28.3. The van der Waals surface area contributed by atoms with Gasteiger partial charge in [0.1, 0.15) is 8.07 Å². The monoisotopic (exact) mass is 946 g/mol. The highest BCUT2D eigenvalue weighted by Crippen LogP contribution is 2.54. The molecule has 0 nitrogen and oxygen atoms in total. The predicted molar refractivity (Wildman–Crippen MR) is 316 cm³/mol. The third-order valence-corrected chi connectivity index (χ3v) is 21.4. The minimum absolute atomic E-state index is 0.134. The van der Waals surface area contributed by atoms with E-state index in [1.807, 2.05) is 0 Å². The third kappa shape index (κ3) is 5.89. The van der Waals surface area contributed by atoms with Crippen molar-refractivity contribution in [3.8, 4) is 77.9 Å². The first kappa shape index (κ1) is 42.6. The topological polar surface area (TPSA) is 0 Å². The molecule has 15 rings (SSSR count). The number of rotatable bonds is 4. The fourth-order valence-electron chi connectivity index (χ4n) is 14.1. The van der Waals surface area contributed by atoms with E-state index in [-0.39, 0.29) is 10.8 Å². The van der Waals surface area contributed by atoms with Crippen LogP contribution in [-0.4, -0.2) is 8.07 Å². The Morgan fingerprint density at radius 3 is 1.36 bits per heavy atom. The number of hydrogen-bond donors (Lipinski definition) is 0. The van der Waals surface area contributed by atoms with Crippen molar-refractivity contribution in [1.82, 2.24) is 0 Å². The van der Waals surface area contributed by atoms with Gasteiger partial charge in [-0.15, -0.1) is 0 Å². The largest absolute Gasteiger partial charge is 0.113 e. The van der Waals surface area contributed by atoms with Crippen molar-refractivity contribution in [2.45, 2.75) is 51.6 Å². The summed E-state index contributed by atoms with van der Waals surface area (Å²) in [6.45, 7) is 14.8. The molecule has 0 saturated carbocycles. The zero-order chi connectivity index (χ0) is 49.1. The maximum atomic E-state index is 2.66. The van der Waals surface area contributed by atoms with Gasteiger partial charge in [-0.05, 0) is 184 Å². The van der Waals surface area contributed by atoms with E-state index in [9.17, 15) is 0 Å². The lowest BCUT2D eigenvalue weighted by Crippen LogP contribution is -2.49. The molecule has 73 heavy (non-hydrogen) atoms. The van der Waals surface area contributed by atoms with Crippen molar-refractivity contribution >= 4 is 61.5 Å². The molecule has 0 N–H and O–H groups in total. The maximum Gasteiger partial charge on any atom is 0.113 e. The molecule has 346 valence electrons. The Balaban J connectivity index is 1.05. The molecule has 0 unspecified atom stereocenters. The van der Waals surface area contributed by atoms with Crippen LogP contribution in [-0.2, 0) is 10.8 Å². The molecule has 0 spiro atoms. The van der Waals surface area contributed by atoms with Crippen LogP contribution in [0, 0.1) is 0 Å². The number of benzene rings is 12. The summed E-state index contributed by atoms with van der Waals surface area (Å²) in [5.41, 5.74) is 23.7. The Bertz CT molecular complexity index is 4410. The molecule has 0 bridgehead atoms. The molecule has 1 aliphatic heterocycles. The van der Waals surface area contributed by atoms with E-state index in [0.717, 1.165) is 0 Å². The summed E-state index contributed by atoms with van der Waals surface area (Å²) in [5, 5.41) is 13.3. The lowest BCUT2D eigenvalue weighted by atomic mass is 9.79. The van der Waals surface area contributed by atoms with Crippen molar-refractivity contribution in [2.24, 2.45) is 0 Å². The van der Waals surface area contributed by atoms with Gasteiger partial charge in [0.25, 0.3) is 0 Å². The molecule has 0 aromatic heterocycles. The Hall–Kier alpha value is -8.10. The van der Waals surface area contributed by atoms with Gasteiger partial charge in [-0.2, -0.15) is 0 Å². The van der Waals surface area contributed by atoms with Crippen LogP contribution in [0.5, 0.6) is 0 Å². The zero-order valence-electron chi connectivity index (χ0n) is 42.3. The van der Waals surface area contributed by atoms with Crippen LogP contribution in [0.1, 0.15) is 49.9 Å². The van der Waals surface area contributed by atoms with Gasteiger partial charge >= 0.3 is 0 Å². The standard InChI is InChI=1S/C72H54Si/c1-71(2)63-24-14-11-21-53(63)55-32-30-47(39-65(55)71)69-58-34-29-46(50-36-35-49(51-19-9-10-20-52(50)51)45-28-27-43-17-7-8-18-44(43)37-45)38-60(58)70(48-31-33-56-54-22-12-15-25-64(54)72(3,4)66(56)40-48)62-42-68-59(41-61(62)69)57-23-13-16-26-67(57)73(68,5)6/h7-42H,1-6H3. The van der Waals surface area contributed by atoms with E-state index in [4.69, 9.17) is 0 Å². The molecule has 12 aromatic rings. The van der Waals surface area contributed by atoms with Crippen LogP contribution < -0.4 is 10.4 Å². The lowest BCUT2D eigenvalue weighted by molar-refractivity contribution is 0.660. The highest BCUT2D eigenvalue weighted by Gasteiger charge is 2.40. The molecular formula is C72H54Si. The maximum absolute atomic E-state index is 2.66. The molecular weight excluding hydrogens is 893 g/mol. The van der Waals surface area contributed by atoms with Crippen LogP contribution >= 0.6 is 0 Å². The van der Waals surface area contributed by atoms with Gasteiger partial charge in [0.15, 0.2) is 0 Å². The average molecular weight is 947 g/mol. The fourth-order valence-corrected chi connectivity index (χ4v) is 17.2. The van der Waals surface area contributed by atoms with Gasteiger partial charge in [0.05, 0.1) is 0 Å². The number of fused-ring (bicyclic) bond motifs is 13. The smallest absolute Gasteiger partial charge is 0.0623 e. The van der Waals surface area contributed by atoms with E-state index in [0.29, 0.717) is 0 Å². The van der Waals surface area contributed by atoms with Gasteiger partial charge < -0.3 is 0 Å². The van der Waals surface area contributed by atoms with Crippen molar-refractivity contribution in [2.75, 3.05) is 0 Å². The second-order valence-electron chi connectivity index (χ2n) is 22.8. The van der Waals surface area contributed by atoms with E-state index in [1.54, 1.807) is 0 Å². The highest BCUT2D eigenvalue weighted by molar-refractivity contribution is 7.04. The third-order valence-electron chi connectivity index (χ3n) is 17.9. The molecule has 0 atom stereocenters. The first-order valence-electron chi connectivity index (χ1n) is 26.2. The van der Waals surface area contributed by atoms with Gasteiger partial charge in [-0.3, -0.25) is 0 Å². The molecule has 12 aromatic carbocycles. The van der Waals surface area contributed by atoms with E-state index in [2.05, 4.69) is 259 Å². The summed E-state index contributed by atoms with van der Waals surface area (Å²) >= 11 is 0. The quantitative estimate of drug-likeness (QED) is 0.122. The Morgan fingerprint density at radius 1 is 0.260 bits per heavy atom. The SMILES string of the molecule is CC1(C)c2ccccc2-c2ccc(-c3c4ccc(-c5ccc(-c6ccc7ccccc7c6)c6ccccc56)cc4c(-c4ccc5c(c4)C(C)(C)c4ccccc4-5)c4cc5c(cc34)-c3ccccc3[Si]5(C)C)cc21. The Labute approximate surface area is 429 Å². The van der Waals surface area contributed by atoms with Crippen LogP contribution in [0.2, 0.25) is 13.1 Å². The second kappa shape index (κ2) is 15.0. The van der Waals surface area contributed by atoms with E-state index < -0.39 is 8.07 Å². The van der Waals surface area contributed by atoms with Crippen molar-refractivity contribution in [3.05, 3.63) is 241 Å². The molecule has 2 aliphatic carbocycles. The van der Waals surface area contributed by atoms with Gasteiger partial charge in [0, 0.05) is 10.8 Å². The van der Waals surface area contributed by atoms with Gasteiger partial charge in [-0.25, -0.2) is 0 Å². The minimum Gasteiger partial charge on any atom is -0.0623 e. The summed E-state index contributed by atoms with van der Waals surface area (Å²) < 4.78 is 0. The summed E-state index contributed by atoms with van der Waals surface area (Å²) in [6.07, 6.45) is 0. The number of hydrogen-bond acceptors (Lipinski definition) is 0. The molecule has 0 saturated heterocycles. The van der Waals surface area contributed by atoms with E-state index >= 15 is 0 Å². The minimum atomic E-state index is -2.08. The molecule has 0 amide bonds. The predicted octanol–water partition coefficient (Wildman–Crippen LogP) is 18.4. The second-order valence-corrected chi connectivity index (χ2v) is 27.1. The summed E-state index contributed by atoms with van der Waals surface area (Å²) in [6, 6.07) is 84.2. The summed E-state index contributed by atoms with van der Waals surface area (Å²) in [7, 11) is -2.08. The lowest BCUT2D eigenvalue weighted by Gasteiger charge is -2.25. The normalized spacial score (nSPS) is 15.0. The van der Waals surface area contributed by atoms with Crippen LogP contribution in [0.4, 0.5) is 0 Å². The van der Waals surface area contributed by atoms with Crippen molar-refractivity contribution in [3.63, 3.8) is 0 Å². The first-order chi connectivity index (χ1) is 35.5. The molecule has 1 heterocycles. The molecule has 0 fully saturated rings. The molecule has 1 heteroatoms. The summed E-state index contributed by atoms with van der Waals surface area (Å²) in [4.78, 5) is 0. The van der Waals surface area contributed by atoms with Crippen LogP contribution in [0.3, 0.4) is 0 Å². The summed E-state index contributed by atoms with van der Waals surface area (Å²) in [5.74, 6) is 0. The Morgan fingerprint density at radius 2 is 0.712 bits per heavy atom. The first-order valence-corrected chi connectivity index (χ1v) is 29.2. The van der Waals surface area contributed by atoms with Crippen LogP contribution in [0.25, 0.3) is 121 Å². The average Bonchev–Trinajstić information content (AvgIpc) is 3.90. The molecule has 3 aliphatic rings. The van der Waals surface area contributed by atoms with E-state index in [1.165, 1.54) is 154 Å². The van der Waals surface area contributed by atoms with Gasteiger partial charge in [0.2, 0.25) is 0 Å². The van der Waals surface area contributed by atoms with Crippen LogP contribution in [0.15, 0.2) is 218 Å².